The summed E-state index contributed by atoms with van der Waals surface area (Å²) in [5.41, 5.74) is 2.88. The average Bonchev–Trinajstić information content (AvgIpc) is 2.61. The van der Waals surface area contributed by atoms with E-state index in [0.717, 1.165) is 43.4 Å². The standard InChI is InChI=1S/C19H23BrN2O2S.ClH/c20-18-7-9-19(10-8-18)25(23,24)21-12-3-4-13-22-14-11-16-5-1-2-6-17(16)15-22;/h1-2,5-10,21H,3-4,11-15H2;1H. The Morgan fingerprint density at radius 2 is 1.69 bits per heavy atom. The topological polar surface area (TPSA) is 49.4 Å². The van der Waals surface area contributed by atoms with E-state index < -0.39 is 10.0 Å². The molecule has 0 saturated carbocycles. The highest BCUT2D eigenvalue weighted by Gasteiger charge is 2.15. The molecule has 1 heterocycles. The van der Waals surface area contributed by atoms with Gasteiger partial charge in [-0.15, -0.1) is 12.4 Å². The number of benzene rings is 2. The van der Waals surface area contributed by atoms with Crippen molar-refractivity contribution in [2.24, 2.45) is 0 Å². The molecule has 26 heavy (non-hydrogen) atoms. The van der Waals surface area contributed by atoms with Crippen molar-refractivity contribution in [3.8, 4) is 0 Å². The molecule has 0 unspecified atom stereocenters. The predicted octanol–water partition coefficient (Wildman–Crippen LogP) is 3.99. The van der Waals surface area contributed by atoms with Crippen LogP contribution in [0.4, 0.5) is 0 Å². The van der Waals surface area contributed by atoms with E-state index in [1.807, 2.05) is 0 Å². The smallest absolute Gasteiger partial charge is 0.240 e. The molecule has 0 atom stereocenters. The molecular weight excluding hydrogens is 436 g/mol. The Balaban J connectivity index is 0.00000243. The number of nitrogens with one attached hydrogen (secondary N) is 1. The Morgan fingerprint density at radius 3 is 2.42 bits per heavy atom. The predicted molar refractivity (Wildman–Crippen MR) is 111 cm³/mol. The maximum Gasteiger partial charge on any atom is 0.240 e. The maximum absolute atomic E-state index is 12.2. The molecule has 0 spiro atoms. The van der Waals surface area contributed by atoms with Crippen molar-refractivity contribution in [1.29, 1.82) is 0 Å². The molecule has 0 amide bonds. The lowest BCUT2D eigenvalue weighted by Gasteiger charge is -2.28. The van der Waals surface area contributed by atoms with Gasteiger partial charge in [0.1, 0.15) is 0 Å². The SMILES string of the molecule is Cl.O=S(=O)(NCCCCN1CCc2ccccc2C1)c1ccc(Br)cc1. The molecule has 3 rings (SSSR count). The molecule has 7 heteroatoms. The Bertz CT molecular complexity index is 813. The lowest BCUT2D eigenvalue weighted by atomic mass is 10.00. The second kappa shape index (κ2) is 9.85. The number of unbranched alkanes of at least 4 members (excludes halogenated alkanes) is 1. The van der Waals surface area contributed by atoms with Crippen LogP contribution in [-0.4, -0.2) is 33.0 Å². The third kappa shape index (κ3) is 5.79. The van der Waals surface area contributed by atoms with Crippen LogP contribution in [0.2, 0.25) is 0 Å². The highest BCUT2D eigenvalue weighted by molar-refractivity contribution is 9.10. The highest BCUT2D eigenvalue weighted by Crippen LogP contribution is 2.18. The van der Waals surface area contributed by atoms with Gasteiger partial charge in [0.15, 0.2) is 0 Å². The van der Waals surface area contributed by atoms with E-state index in [-0.39, 0.29) is 12.4 Å². The molecule has 0 aliphatic carbocycles. The van der Waals surface area contributed by atoms with Crippen LogP contribution in [0.25, 0.3) is 0 Å². The Hall–Kier alpha value is -0.920. The summed E-state index contributed by atoms with van der Waals surface area (Å²) < 4.78 is 28.0. The zero-order valence-electron chi connectivity index (χ0n) is 14.5. The lowest BCUT2D eigenvalue weighted by molar-refractivity contribution is 0.249. The van der Waals surface area contributed by atoms with Crippen LogP contribution in [0.1, 0.15) is 24.0 Å². The minimum absolute atomic E-state index is 0. The van der Waals surface area contributed by atoms with E-state index in [0.29, 0.717) is 11.4 Å². The van der Waals surface area contributed by atoms with Crippen molar-refractivity contribution in [2.45, 2.75) is 30.7 Å². The van der Waals surface area contributed by atoms with Crippen molar-refractivity contribution in [3.05, 3.63) is 64.1 Å². The lowest BCUT2D eigenvalue weighted by Crippen LogP contribution is -2.32. The van der Waals surface area contributed by atoms with Crippen molar-refractivity contribution < 1.29 is 8.42 Å². The first-order valence-corrected chi connectivity index (χ1v) is 10.9. The van der Waals surface area contributed by atoms with Gasteiger partial charge in [-0.2, -0.15) is 0 Å². The fraction of sp³-hybridized carbons (Fsp3) is 0.368. The fourth-order valence-corrected chi connectivity index (χ4v) is 4.45. The summed E-state index contributed by atoms with van der Waals surface area (Å²) in [7, 11) is -3.41. The molecule has 4 nitrogen and oxygen atoms in total. The molecule has 142 valence electrons. The number of halogens is 2. The largest absolute Gasteiger partial charge is 0.299 e. The monoisotopic (exact) mass is 458 g/mol. The second-order valence-corrected chi connectivity index (χ2v) is 9.04. The van der Waals surface area contributed by atoms with Crippen molar-refractivity contribution in [3.63, 3.8) is 0 Å². The normalized spacial score (nSPS) is 14.5. The Labute approximate surface area is 170 Å². The Morgan fingerprint density at radius 1 is 1.00 bits per heavy atom. The molecule has 0 fully saturated rings. The van der Waals surface area contributed by atoms with E-state index in [1.165, 1.54) is 11.1 Å². The highest BCUT2D eigenvalue weighted by atomic mass is 79.9. The number of rotatable bonds is 7. The summed E-state index contributed by atoms with van der Waals surface area (Å²) in [4.78, 5) is 2.76. The van der Waals surface area contributed by atoms with Gasteiger partial charge in [0, 0.05) is 24.1 Å². The van der Waals surface area contributed by atoms with Gasteiger partial charge < -0.3 is 0 Å². The van der Waals surface area contributed by atoms with Crippen LogP contribution in [0.3, 0.4) is 0 Å². The molecule has 0 radical (unpaired) electrons. The van der Waals surface area contributed by atoms with E-state index in [9.17, 15) is 8.42 Å². The maximum atomic E-state index is 12.2. The minimum Gasteiger partial charge on any atom is -0.299 e. The van der Waals surface area contributed by atoms with E-state index in [4.69, 9.17) is 0 Å². The van der Waals surface area contributed by atoms with E-state index >= 15 is 0 Å². The van der Waals surface area contributed by atoms with Crippen LogP contribution in [0.5, 0.6) is 0 Å². The zero-order chi connectivity index (χ0) is 17.7. The van der Waals surface area contributed by atoms with Crippen molar-refractivity contribution in [2.75, 3.05) is 19.6 Å². The molecule has 0 aromatic heterocycles. The molecular formula is C19H24BrClN2O2S. The molecule has 1 N–H and O–H groups in total. The van der Waals surface area contributed by atoms with Crippen LogP contribution in [0, 0.1) is 0 Å². The number of hydrogen-bond acceptors (Lipinski definition) is 3. The summed E-state index contributed by atoms with van der Waals surface area (Å²) in [6.45, 7) is 3.57. The third-order valence-electron chi connectivity index (χ3n) is 4.53. The number of hydrogen-bond donors (Lipinski definition) is 1. The molecule has 1 aliphatic heterocycles. The van der Waals surface area contributed by atoms with Gasteiger partial charge in [-0.25, -0.2) is 13.1 Å². The van der Waals surface area contributed by atoms with E-state index in [2.05, 4.69) is 49.8 Å². The second-order valence-electron chi connectivity index (χ2n) is 6.35. The van der Waals surface area contributed by atoms with E-state index in [1.54, 1.807) is 24.3 Å². The fourth-order valence-electron chi connectivity index (χ4n) is 3.11. The van der Waals surface area contributed by atoms with Crippen LogP contribution in [0.15, 0.2) is 57.9 Å². The Kier molecular flexibility index (Phi) is 8.10. The van der Waals surface area contributed by atoms with Gasteiger partial charge >= 0.3 is 0 Å². The first kappa shape index (κ1) is 21.4. The molecule has 0 saturated heterocycles. The van der Waals surface area contributed by atoms with Gasteiger partial charge in [0.2, 0.25) is 10.0 Å². The molecule has 2 aromatic carbocycles. The summed E-state index contributed by atoms with van der Waals surface area (Å²) >= 11 is 3.31. The van der Waals surface area contributed by atoms with Gasteiger partial charge in [0.05, 0.1) is 4.90 Å². The first-order valence-electron chi connectivity index (χ1n) is 8.59. The van der Waals surface area contributed by atoms with Crippen LogP contribution >= 0.6 is 28.3 Å². The average molecular weight is 460 g/mol. The molecule has 2 aromatic rings. The van der Waals surface area contributed by atoms with Gasteiger partial charge in [-0.05, 0) is 61.2 Å². The summed E-state index contributed by atoms with van der Waals surface area (Å²) in [5, 5.41) is 0. The minimum atomic E-state index is -3.41. The van der Waals surface area contributed by atoms with Crippen LogP contribution < -0.4 is 4.72 Å². The number of fused-ring (bicyclic) bond motifs is 1. The van der Waals surface area contributed by atoms with Gasteiger partial charge in [-0.1, -0.05) is 40.2 Å². The summed E-state index contributed by atoms with van der Waals surface area (Å²) in [6.07, 6.45) is 2.94. The number of nitrogens with zero attached hydrogens (tertiary/aromatic N) is 1. The number of sulfonamides is 1. The molecule has 1 aliphatic rings. The molecule has 0 bridgehead atoms. The van der Waals surface area contributed by atoms with Crippen LogP contribution in [-0.2, 0) is 23.0 Å². The summed E-state index contributed by atoms with van der Waals surface area (Å²) in [6, 6.07) is 15.3. The van der Waals surface area contributed by atoms with Crippen molar-refractivity contribution >= 4 is 38.4 Å². The summed E-state index contributed by atoms with van der Waals surface area (Å²) in [5.74, 6) is 0. The van der Waals surface area contributed by atoms with Gasteiger partial charge in [-0.3, -0.25) is 4.90 Å². The van der Waals surface area contributed by atoms with Gasteiger partial charge in [0.25, 0.3) is 0 Å². The quantitative estimate of drug-likeness (QED) is 0.637. The zero-order valence-corrected chi connectivity index (χ0v) is 17.7. The van der Waals surface area contributed by atoms with Crippen molar-refractivity contribution in [1.82, 2.24) is 9.62 Å². The third-order valence-corrected chi connectivity index (χ3v) is 6.53. The first-order chi connectivity index (χ1) is 12.0.